The Labute approximate surface area is 107 Å². The molecule has 0 radical (unpaired) electrons. The summed E-state index contributed by atoms with van der Waals surface area (Å²) in [6.45, 7) is 8.65. The van der Waals surface area contributed by atoms with Crippen LogP contribution in [0.2, 0.25) is 0 Å². The highest BCUT2D eigenvalue weighted by atomic mass is 32.1. The maximum absolute atomic E-state index is 12.3. The molecule has 1 heterocycles. The Morgan fingerprint density at radius 1 is 1.47 bits per heavy atom. The number of hydrogen-bond acceptors (Lipinski definition) is 5. The van der Waals surface area contributed by atoms with Crippen LogP contribution in [0.4, 0.5) is 0 Å². The lowest BCUT2D eigenvalue weighted by Gasteiger charge is -2.17. The van der Waals surface area contributed by atoms with Crippen LogP contribution < -0.4 is 0 Å². The van der Waals surface area contributed by atoms with Crippen molar-refractivity contribution in [3.63, 3.8) is 0 Å². The standard InChI is InChI=1S/C12H20N2O2S/c1-8(6-7-16-5)9(15)10-11(12(2,3)4)13-14-17-10/h8H,6-7H2,1-5H3. The zero-order chi connectivity index (χ0) is 13.1. The van der Waals surface area contributed by atoms with Crippen LogP contribution >= 0.6 is 11.5 Å². The predicted octanol–water partition coefficient (Wildman–Crippen LogP) is 2.69. The molecule has 1 aromatic heterocycles. The molecule has 0 spiro atoms. The van der Waals surface area contributed by atoms with E-state index in [1.54, 1.807) is 7.11 Å². The van der Waals surface area contributed by atoms with Crippen molar-refractivity contribution in [2.75, 3.05) is 13.7 Å². The summed E-state index contributed by atoms with van der Waals surface area (Å²) in [6.07, 6.45) is 0.733. The number of methoxy groups -OCH3 is 1. The van der Waals surface area contributed by atoms with Crippen molar-refractivity contribution in [2.45, 2.75) is 39.5 Å². The van der Waals surface area contributed by atoms with Crippen molar-refractivity contribution in [3.05, 3.63) is 10.6 Å². The van der Waals surface area contributed by atoms with Crippen LogP contribution in [-0.2, 0) is 10.2 Å². The van der Waals surface area contributed by atoms with Gasteiger partial charge in [0.1, 0.15) is 4.88 Å². The van der Waals surface area contributed by atoms with Gasteiger partial charge in [-0.15, -0.1) is 5.10 Å². The molecule has 1 unspecified atom stereocenters. The molecule has 1 aromatic rings. The lowest BCUT2D eigenvalue weighted by molar-refractivity contribution is 0.0895. The highest BCUT2D eigenvalue weighted by Crippen LogP contribution is 2.28. The van der Waals surface area contributed by atoms with Gasteiger partial charge in [-0.2, -0.15) is 0 Å². The highest BCUT2D eigenvalue weighted by molar-refractivity contribution is 7.08. The molecule has 5 heteroatoms. The van der Waals surface area contributed by atoms with Gasteiger partial charge in [0.15, 0.2) is 5.78 Å². The Morgan fingerprint density at radius 3 is 2.65 bits per heavy atom. The van der Waals surface area contributed by atoms with Crippen LogP contribution in [0.5, 0.6) is 0 Å². The molecule has 0 aliphatic heterocycles. The van der Waals surface area contributed by atoms with Crippen LogP contribution in [0, 0.1) is 5.92 Å². The normalized spacial score (nSPS) is 13.7. The lowest BCUT2D eigenvalue weighted by atomic mass is 9.88. The second kappa shape index (κ2) is 5.69. The van der Waals surface area contributed by atoms with Crippen molar-refractivity contribution in [1.29, 1.82) is 0 Å². The van der Waals surface area contributed by atoms with Gasteiger partial charge in [0, 0.05) is 25.0 Å². The van der Waals surface area contributed by atoms with Crippen molar-refractivity contribution < 1.29 is 9.53 Å². The first-order chi connectivity index (χ1) is 7.88. The molecule has 4 nitrogen and oxygen atoms in total. The van der Waals surface area contributed by atoms with Gasteiger partial charge in [0.2, 0.25) is 0 Å². The Bertz CT molecular complexity index is 382. The SMILES string of the molecule is COCCC(C)C(=O)c1snnc1C(C)(C)C. The Hall–Kier alpha value is -0.810. The third-order valence-electron chi connectivity index (χ3n) is 2.62. The molecule has 0 N–H and O–H groups in total. The number of ketones is 1. The molecule has 1 rings (SSSR count). The monoisotopic (exact) mass is 256 g/mol. The Balaban J connectivity index is 2.86. The van der Waals surface area contributed by atoms with Crippen LogP contribution in [0.3, 0.4) is 0 Å². The largest absolute Gasteiger partial charge is 0.385 e. The van der Waals surface area contributed by atoms with Crippen molar-refractivity contribution in [2.24, 2.45) is 5.92 Å². The molecular weight excluding hydrogens is 236 g/mol. The first kappa shape index (κ1) is 14.3. The third kappa shape index (κ3) is 3.57. The summed E-state index contributed by atoms with van der Waals surface area (Å²) in [5.41, 5.74) is 0.663. The van der Waals surface area contributed by atoms with Gasteiger partial charge in [-0.05, 0) is 18.0 Å². The molecule has 0 aromatic carbocycles. The van der Waals surface area contributed by atoms with E-state index in [0.29, 0.717) is 11.5 Å². The summed E-state index contributed by atoms with van der Waals surface area (Å²) in [5.74, 6) is 0.0836. The van der Waals surface area contributed by atoms with Crippen molar-refractivity contribution >= 4 is 17.3 Å². The number of rotatable bonds is 5. The average Bonchev–Trinajstić information content (AvgIpc) is 2.73. The highest BCUT2D eigenvalue weighted by Gasteiger charge is 2.28. The number of aromatic nitrogens is 2. The Kier molecular flexibility index (Phi) is 4.77. The van der Waals surface area contributed by atoms with Gasteiger partial charge in [0.05, 0.1) is 5.69 Å². The van der Waals surface area contributed by atoms with Crippen LogP contribution in [0.25, 0.3) is 0 Å². The van der Waals surface area contributed by atoms with Crippen molar-refractivity contribution in [3.8, 4) is 0 Å². The lowest BCUT2D eigenvalue weighted by Crippen LogP contribution is -2.20. The van der Waals surface area contributed by atoms with E-state index in [2.05, 4.69) is 9.59 Å². The van der Waals surface area contributed by atoms with Gasteiger partial charge in [-0.25, -0.2) is 0 Å². The molecule has 1 atom stereocenters. The van der Waals surface area contributed by atoms with Gasteiger partial charge in [-0.3, -0.25) is 4.79 Å². The Morgan fingerprint density at radius 2 is 2.12 bits per heavy atom. The smallest absolute Gasteiger partial charge is 0.179 e. The van der Waals surface area contributed by atoms with Crippen LogP contribution in [0.15, 0.2) is 0 Å². The van der Waals surface area contributed by atoms with E-state index in [1.807, 2.05) is 27.7 Å². The minimum Gasteiger partial charge on any atom is -0.385 e. The molecular formula is C12H20N2O2S. The van der Waals surface area contributed by atoms with Gasteiger partial charge in [0.25, 0.3) is 0 Å². The number of carbonyl (C=O) groups excluding carboxylic acids is 1. The summed E-state index contributed by atoms with van der Waals surface area (Å²) in [4.78, 5) is 12.9. The molecule has 0 saturated carbocycles. The molecule has 17 heavy (non-hydrogen) atoms. The first-order valence-electron chi connectivity index (χ1n) is 5.74. The van der Waals surface area contributed by atoms with E-state index in [-0.39, 0.29) is 17.1 Å². The summed E-state index contributed by atoms with van der Waals surface area (Å²) in [5, 5.41) is 4.09. The summed E-state index contributed by atoms with van der Waals surface area (Å²) < 4.78 is 8.91. The number of carbonyl (C=O) groups is 1. The number of Topliss-reactive ketones (excluding diaryl/α,β-unsaturated/α-hetero) is 1. The fourth-order valence-corrected chi connectivity index (χ4v) is 2.42. The van der Waals surface area contributed by atoms with E-state index in [4.69, 9.17) is 4.74 Å². The van der Waals surface area contributed by atoms with E-state index < -0.39 is 0 Å². The molecule has 0 saturated heterocycles. The molecule has 0 bridgehead atoms. The summed E-state index contributed by atoms with van der Waals surface area (Å²) >= 11 is 1.19. The predicted molar refractivity (Wildman–Crippen MR) is 68.6 cm³/mol. The minimum absolute atomic E-state index is 0.0432. The number of nitrogens with zero attached hydrogens (tertiary/aromatic N) is 2. The van der Waals surface area contributed by atoms with E-state index >= 15 is 0 Å². The molecule has 96 valence electrons. The number of hydrogen-bond donors (Lipinski definition) is 0. The summed E-state index contributed by atoms with van der Waals surface area (Å²) in [7, 11) is 1.64. The molecule has 0 aliphatic carbocycles. The van der Waals surface area contributed by atoms with Gasteiger partial charge in [-0.1, -0.05) is 32.2 Å². The molecule has 0 aliphatic rings. The summed E-state index contributed by atoms with van der Waals surface area (Å²) in [6, 6.07) is 0. The van der Waals surface area contributed by atoms with E-state index in [1.165, 1.54) is 11.5 Å². The van der Waals surface area contributed by atoms with Crippen LogP contribution in [-0.4, -0.2) is 29.1 Å². The van der Waals surface area contributed by atoms with Crippen molar-refractivity contribution in [1.82, 2.24) is 9.59 Å². The zero-order valence-electron chi connectivity index (χ0n) is 11.1. The average molecular weight is 256 g/mol. The third-order valence-corrected chi connectivity index (χ3v) is 3.37. The van der Waals surface area contributed by atoms with Gasteiger partial charge >= 0.3 is 0 Å². The maximum Gasteiger partial charge on any atom is 0.179 e. The van der Waals surface area contributed by atoms with E-state index in [9.17, 15) is 4.79 Å². The molecule has 0 amide bonds. The second-order valence-electron chi connectivity index (χ2n) is 5.25. The fourth-order valence-electron chi connectivity index (χ4n) is 1.49. The molecule has 0 fully saturated rings. The maximum atomic E-state index is 12.3. The number of ether oxygens (including phenoxy) is 1. The second-order valence-corrected chi connectivity index (χ2v) is 6.00. The van der Waals surface area contributed by atoms with Gasteiger partial charge < -0.3 is 4.74 Å². The quantitative estimate of drug-likeness (QED) is 0.760. The first-order valence-corrected chi connectivity index (χ1v) is 6.51. The van der Waals surface area contributed by atoms with E-state index in [0.717, 1.165) is 12.1 Å². The van der Waals surface area contributed by atoms with Crippen LogP contribution in [0.1, 0.15) is 49.5 Å². The topological polar surface area (TPSA) is 52.1 Å². The minimum atomic E-state index is -0.140. The fraction of sp³-hybridized carbons (Fsp3) is 0.750. The zero-order valence-corrected chi connectivity index (χ0v) is 11.9.